The van der Waals surface area contributed by atoms with Gasteiger partial charge in [-0.25, -0.2) is 4.39 Å². The van der Waals surface area contributed by atoms with Crippen molar-refractivity contribution >= 4 is 29.6 Å². The summed E-state index contributed by atoms with van der Waals surface area (Å²) in [5, 5.41) is 0. The van der Waals surface area contributed by atoms with Crippen LogP contribution < -0.4 is 0 Å². The molecule has 1 heterocycles. The molecule has 0 bridgehead atoms. The molecule has 5 heteroatoms. The number of methoxy groups -OCH3 is 1. The first-order chi connectivity index (χ1) is 9.52. The van der Waals surface area contributed by atoms with E-state index in [0.717, 1.165) is 5.75 Å². The number of Topliss-reactive ketones (excluding diaryl/α,β-unsaturated/α-hetero) is 1. The summed E-state index contributed by atoms with van der Waals surface area (Å²) in [5.74, 6) is -0.549. The number of ketones is 1. The Morgan fingerprint density at radius 1 is 1.50 bits per heavy atom. The highest BCUT2D eigenvalue weighted by Gasteiger charge is 2.20. The molecule has 0 aromatic heterocycles. The molecular weight excluding hydrogens is 279 g/mol. The van der Waals surface area contributed by atoms with Crippen LogP contribution in [0.4, 0.5) is 4.39 Å². The van der Waals surface area contributed by atoms with Crippen molar-refractivity contribution in [2.24, 2.45) is 0 Å². The Hall–Kier alpha value is -1.62. The lowest BCUT2D eigenvalue weighted by Gasteiger charge is -2.10. The van der Waals surface area contributed by atoms with Crippen LogP contribution in [0, 0.1) is 5.82 Å². The number of carbonyl (C=O) groups is 2. The van der Waals surface area contributed by atoms with Gasteiger partial charge < -0.3 is 4.74 Å². The summed E-state index contributed by atoms with van der Waals surface area (Å²) in [7, 11) is 1.30. The molecular formula is C15H15FO3S. The summed E-state index contributed by atoms with van der Waals surface area (Å²) in [5.41, 5.74) is 0.922. The highest BCUT2D eigenvalue weighted by Crippen LogP contribution is 2.30. The minimum absolute atomic E-state index is 0.0569. The van der Waals surface area contributed by atoms with Crippen LogP contribution >= 0.6 is 11.8 Å². The first kappa shape index (κ1) is 14.8. The number of esters is 1. The van der Waals surface area contributed by atoms with Crippen molar-refractivity contribution in [3.63, 3.8) is 0 Å². The normalized spacial score (nSPS) is 18.4. The van der Waals surface area contributed by atoms with Crippen LogP contribution in [0.5, 0.6) is 0 Å². The van der Waals surface area contributed by atoms with Crippen LogP contribution in [0.25, 0.3) is 6.08 Å². The Morgan fingerprint density at radius 3 is 2.80 bits per heavy atom. The Kier molecular flexibility index (Phi) is 4.60. The maximum atomic E-state index is 14.0. The van der Waals surface area contributed by atoms with Crippen molar-refractivity contribution in [1.29, 1.82) is 0 Å². The summed E-state index contributed by atoms with van der Waals surface area (Å²) in [6, 6.07) is 4.59. The molecule has 1 saturated heterocycles. The maximum absolute atomic E-state index is 14.0. The molecule has 1 fully saturated rings. The fourth-order valence-corrected chi connectivity index (χ4v) is 2.94. The molecule has 106 valence electrons. The fraction of sp³-hybridized carbons (Fsp3) is 0.333. The van der Waals surface area contributed by atoms with Crippen molar-refractivity contribution in [2.75, 3.05) is 12.9 Å². The number of halogens is 1. The Morgan fingerprint density at radius 2 is 2.25 bits per heavy atom. The lowest BCUT2D eigenvalue weighted by Crippen LogP contribution is -2.11. The number of thioether (sulfide) groups is 1. The summed E-state index contributed by atoms with van der Waals surface area (Å²) in [6.45, 7) is 1.66. The molecule has 0 aliphatic carbocycles. The van der Waals surface area contributed by atoms with Gasteiger partial charge in [0.15, 0.2) is 5.78 Å². The fourth-order valence-electron chi connectivity index (χ4n) is 1.96. The van der Waals surface area contributed by atoms with Crippen LogP contribution in [-0.4, -0.2) is 24.6 Å². The van der Waals surface area contributed by atoms with E-state index in [1.165, 1.54) is 24.9 Å². The van der Waals surface area contributed by atoms with E-state index in [9.17, 15) is 14.0 Å². The number of carbonyl (C=O) groups excluding carboxylic acids is 2. The second kappa shape index (κ2) is 6.22. The lowest BCUT2D eigenvalue weighted by atomic mass is 9.99. The maximum Gasteiger partial charge on any atom is 0.312 e. The summed E-state index contributed by atoms with van der Waals surface area (Å²) in [6.07, 6.45) is 2.08. The Balaban J connectivity index is 2.26. The van der Waals surface area contributed by atoms with E-state index in [0.29, 0.717) is 22.5 Å². The molecule has 2 rings (SSSR count). The SMILES string of the molecule is COC(=O)C(C)c1ccc(/C=C2\SCCC2=O)c(F)c1. The zero-order valence-corrected chi connectivity index (χ0v) is 12.1. The molecule has 0 saturated carbocycles. The molecule has 1 aliphatic rings. The minimum atomic E-state index is -0.515. The number of ether oxygens (including phenoxy) is 1. The van der Waals surface area contributed by atoms with Gasteiger partial charge in [-0.3, -0.25) is 9.59 Å². The molecule has 1 aromatic carbocycles. The average molecular weight is 294 g/mol. The van der Waals surface area contributed by atoms with E-state index in [-0.39, 0.29) is 5.78 Å². The van der Waals surface area contributed by atoms with Crippen LogP contribution in [0.15, 0.2) is 23.1 Å². The van der Waals surface area contributed by atoms with E-state index >= 15 is 0 Å². The van der Waals surface area contributed by atoms with Gasteiger partial charge in [-0.2, -0.15) is 0 Å². The third-order valence-corrected chi connectivity index (χ3v) is 4.29. The quantitative estimate of drug-likeness (QED) is 0.634. The van der Waals surface area contributed by atoms with E-state index in [2.05, 4.69) is 4.74 Å². The van der Waals surface area contributed by atoms with Gasteiger partial charge in [0.1, 0.15) is 5.82 Å². The minimum Gasteiger partial charge on any atom is -0.469 e. The molecule has 1 unspecified atom stereocenters. The monoisotopic (exact) mass is 294 g/mol. The van der Waals surface area contributed by atoms with E-state index in [1.807, 2.05) is 0 Å². The largest absolute Gasteiger partial charge is 0.469 e. The van der Waals surface area contributed by atoms with Crippen LogP contribution in [-0.2, 0) is 14.3 Å². The van der Waals surface area contributed by atoms with Crippen LogP contribution in [0.2, 0.25) is 0 Å². The van der Waals surface area contributed by atoms with E-state index in [1.54, 1.807) is 25.1 Å². The third-order valence-electron chi connectivity index (χ3n) is 3.23. The summed E-state index contributed by atoms with van der Waals surface area (Å²) < 4.78 is 18.7. The number of allylic oxidation sites excluding steroid dienone is 1. The lowest BCUT2D eigenvalue weighted by molar-refractivity contribution is -0.142. The first-order valence-corrected chi connectivity index (χ1v) is 7.26. The van der Waals surface area contributed by atoms with Gasteiger partial charge in [0.25, 0.3) is 0 Å². The van der Waals surface area contributed by atoms with Crippen molar-refractivity contribution in [2.45, 2.75) is 19.3 Å². The van der Waals surface area contributed by atoms with Crippen molar-refractivity contribution < 1.29 is 18.7 Å². The Bertz CT molecular complexity index is 580. The third kappa shape index (κ3) is 3.10. The van der Waals surface area contributed by atoms with E-state index < -0.39 is 17.7 Å². The zero-order valence-electron chi connectivity index (χ0n) is 11.3. The van der Waals surface area contributed by atoms with Gasteiger partial charge in [-0.1, -0.05) is 12.1 Å². The van der Waals surface area contributed by atoms with Gasteiger partial charge >= 0.3 is 5.97 Å². The average Bonchev–Trinajstić information content (AvgIpc) is 2.84. The summed E-state index contributed by atoms with van der Waals surface area (Å²) in [4.78, 5) is 23.5. The van der Waals surface area contributed by atoms with Gasteiger partial charge in [-0.05, 0) is 24.6 Å². The molecule has 1 aliphatic heterocycles. The number of benzene rings is 1. The van der Waals surface area contributed by atoms with Gasteiger partial charge in [0, 0.05) is 17.7 Å². The molecule has 0 radical (unpaired) electrons. The van der Waals surface area contributed by atoms with Crippen molar-refractivity contribution in [3.05, 3.63) is 40.0 Å². The topological polar surface area (TPSA) is 43.4 Å². The highest BCUT2D eigenvalue weighted by atomic mass is 32.2. The second-order valence-electron chi connectivity index (χ2n) is 4.56. The predicted octanol–water partition coefficient (Wildman–Crippen LogP) is 3.15. The first-order valence-electron chi connectivity index (χ1n) is 6.28. The molecule has 1 aromatic rings. The smallest absolute Gasteiger partial charge is 0.312 e. The Labute approximate surface area is 121 Å². The predicted molar refractivity (Wildman–Crippen MR) is 76.9 cm³/mol. The second-order valence-corrected chi connectivity index (χ2v) is 5.69. The molecule has 20 heavy (non-hydrogen) atoms. The standard InChI is InChI=1S/C15H15FO3S/c1-9(15(18)19-2)10-3-4-11(12(16)7-10)8-14-13(17)5-6-20-14/h3-4,7-9H,5-6H2,1-2H3/b14-8-. The number of hydrogen-bond acceptors (Lipinski definition) is 4. The number of rotatable bonds is 3. The van der Waals surface area contributed by atoms with Gasteiger partial charge in [-0.15, -0.1) is 11.8 Å². The molecule has 0 amide bonds. The van der Waals surface area contributed by atoms with Crippen LogP contribution in [0.3, 0.4) is 0 Å². The van der Waals surface area contributed by atoms with Crippen molar-refractivity contribution in [3.8, 4) is 0 Å². The van der Waals surface area contributed by atoms with Crippen molar-refractivity contribution in [1.82, 2.24) is 0 Å². The molecule has 1 atom stereocenters. The molecule has 3 nitrogen and oxygen atoms in total. The highest BCUT2D eigenvalue weighted by molar-refractivity contribution is 8.04. The molecule has 0 N–H and O–H groups in total. The van der Waals surface area contributed by atoms with Gasteiger partial charge in [0.05, 0.1) is 17.9 Å². The molecule has 0 spiro atoms. The van der Waals surface area contributed by atoms with Gasteiger partial charge in [0.2, 0.25) is 0 Å². The summed E-state index contributed by atoms with van der Waals surface area (Å²) >= 11 is 1.44. The van der Waals surface area contributed by atoms with E-state index in [4.69, 9.17) is 0 Å². The van der Waals surface area contributed by atoms with Crippen LogP contribution in [0.1, 0.15) is 30.4 Å². The number of hydrogen-bond donors (Lipinski definition) is 0. The zero-order chi connectivity index (χ0) is 14.7.